The zero-order valence-electron chi connectivity index (χ0n) is 17.6. The third-order valence-electron chi connectivity index (χ3n) is 6.11. The van der Waals surface area contributed by atoms with Gasteiger partial charge in [-0.1, -0.05) is 25.1 Å². The van der Waals surface area contributed by atoms with Gasteiger partial charge in [0.2, 0.25) is 6.79 Å². The van der Waals surface area contributed by atoms with Gasteiger partial charge in [0.1, 0.15) is 5.75 Å². The van der Waals surface area contributed by atoms with E-state index in [1.165, 1.54) is 16.7 Å². The number of nitrogens with zero attached hydrogens (tertiary/aromatic N) is 1. The Morgan fingerprint density at radius 3 is 2.66 bits per heavy atom. The lowest BCUT2D eigenvalue weighted by Crippen LogP contribution is -2.23. The molecule has 2 heterocycles. The summed E-state index contributed by atoms with van der Waals surface area (Å²) in [4.78, 5) is 2.57. The topological polar surface area (TPSA) is 40.2 Å². The average Bonchev–Trinajstić information content (AvgIpc) is 3.39. The fourth-order valence-electron chi connectivity index (χ4n) is 4.57. The molecule has 2 aliphatic heterocycles. The van der Waals surface area contributed by atoms with Crippen LogP contribution >= 0.6 is 0 Å². The Bertz CT molecular complexity index is 820. The van der Waals surface area contributed by atoms with Crippen molar-refractivity contribution in [2.75, 3.05) is 40.2 Å². The Hall–Kier alpha value is -2.24. The van der Waals surface area contributed by atoms with Crippen molar-refractivity contribution < 1.29 is 18.9 Å². The Morgan fingerprint density at radius 1 is 1.07 bits per heavy atom. The SMILES string of the molecule is CCN1CC(c2ccc3c(c2C)OCO3)CC1c1ccc(OCCCOC)cc1. The Balaban J connectivity index is 1.46. The van der Waals surface area contributed by atoms with Gasteiger partial charge in [-0.3, -0.25) is 4.90 Å². The minimum atomic E-state index is 0.327. The van der Waals surface area contributed by atoms with Crippen molar-refractivity contribution >= 4 is 0 Å². The highest BCUT2D eigenvalue weighted by Gasteiger charge is 2.34. The molecule has 1 saturated heterocycles. The van der Waals surface area contributed by atoms with Gasteiger partial charge in [0.05, 0.1) is 6.61 Å². The third-order valence-corrected chi connectivity index (χ3v) is 6.11. The van der Waals surface area contributed by atoms with Crippen LogP contribution in [0.1, 0.15) is 48.4 Å². The molecule has 2 aliphatic rings. The lowest BCUT2D eigenvalue weighted by atomic mass is 9.90. The van der Waals surface area contributed by atoms with Gasteiger partial charge < -0.3 is 18.9 Å². The summed E-state index contributed by atoms with van der Waals surface area (Å²) in [5.74, 6) is 3.21. The fraction of sp³-hybridized carbons (Fsp3) is 0.500. The normalized spacial score (nSPS) is 20.9. The van der Waals surface area contributed by atoms with Gasteiger partial charge in [0.25, 0.3) is 0 Å². The summed E-state index contributed by atoms with van der Waals surface area (Å²) in [5, 5.41) is 0. The average molecular weight is 398 g/mol. The van der Waals surface area contributed by atoms with Crippen LogP contribution in [0.4, 0.5) is 0 Å². The van der Waals surface area contributed by atoms with Gasteiger partial charge >= 0.3 is 0 Å². The van der Waals surface area contributed by atoms with E-state index < -0.39 is 0 Å². The molecule has 0 amide bonds. The van der Waals surface area contributed by atoms with E-state index in [1.807, 2.05) is 0 Å². The largest absolute Gasteiger partial charge is 0.494 e. The minimum Gasteiger partial charge on any atom is -0.494 e. The first-order valence-electron chi connectivity index (χ1n) is 10.6. The van der Waals surface area contributed by atoms with E-state index in [1.54, 1.807) is 7.11 Å². The maximum absolute atomic E-state index is 5.81. The van der Waals surface area contributed by atoms with Crippen LogP contribution in [0.3, 0.4) is 0 Å². The van der Waals surface area contributed by atoms with E-state index in [4.69, 9.17) is 18.9 Å². The molecule has 156 valence electrons. The molecular formula is C24H31NO4. The summed E-state index contributed by atoms with van der Waals surface area (Å²) in [6.45, 7) is 8.25. The van der Waals surface area contributed by atoms with Crippen molar-refractivity contribution in [1.29, 1.82) is 0 Å². The molecular weight excluding hydrogens is 366 g/mol. The molecule has 0 aliphatic carbocycles. The molecule has 2 aromatic rings. The number of likely N-dealkylation sites (N-methyl/N-ethyl adjacent to an activating group) is 1. The monoisotopic (exact) mass is 397 g/mol. The zero-order valence-corrected chi connectivity index (χ0v) is 17.6. The molecule has 1 fully saturated rings. The quantitative estimate of drug-likeness (QED) is 0.605. The standard InChI is InChI=1S/C24H31NO4/c1-4-25-15-19(21-10-11-23-24(17(21)2)29-16-28-23)14-22(25)18-6-8-20(9-7-18)27-13-5-12-26-3/h6-11,19,22H,4-5,12-16H2,1-3H3. The highest BCUT2D eigenvalue weighted by molar-refractivity contribution is 5.52. The Labute approximate surface area is 173 Å². The lowest BCUT2D eigenvalue weighted by molar-refractivity contribution is 0.172. The summed E-state index contributed by atoms with van der Waals surface area (Å²) in [6, 6.07) is 13.3. The summed E-state index contributed by atoms with van der Waals surface area (Å²) < 4.78 is 22.1. The van der Waals surface area contributed by atoms with Gasteiger partial charge in [0, 0.05) is 32.7 Å². The van der Waals surface area contributed by atoms with Gasteiger partial charge in [-0.15, -0.1) is 0 Å². The molecule has 2 atom stereocenters. The number of likely N-dealkylation sites (tertiary alicyclic amines) is 1. The van der Waals surface area contributed by atoms with E-state index in [0.29, 0.717) is 25.4 Å². The number of ether oxygens (including phenoxy) is 4. The van der Waals surface area contributed by atoms with Crippen molar-refractivity contribution in [2.45, 2.75) is 38.6 Å². The molecule has 2 unspecified atom stereocenters. The van der Waals surface area contributed by atoms with Crippen molar-refractivity contribution in [1.82, 2.24) is 4.90 Å². The smallest absolute Gasteiger partial charge is 0.231 e. The molecule has 4 rings (SSSR count). The van der Waals surface area contributed by atoms with Crippen LogP contribution in [-0.2, 0) is 4.74 Å². The summed E-state index contributed by atoms with van der Waals surface area (Å²) in [6.07, 6.45) is 2.02. The molecule has 29 heavy (non-hydrogen) atoms. The van der Waals surface area contributed by atoms with Crippen LogP contribution < -0.4 is 14.2 Å². The molecule has 0 aromatic heterocycles. The van der Waals surface area contributed by atoms with E-state index in [0.717, 1.165) is 49.8 Å². The van der Waals surface area contributed by atoms with E-state index in [-0.39, 0.29) is 0 Å². The number of rotatable bonds is 8. The molecule has 0 radical (unpaired) electrons. The summed E-state index contributed by atoms with van der Waals surface area (Å²) in [7, 11) is 1.72. The first-order chi connectivity index (χ1) is 14.2. The van der Waals surface area contributed by atoms with Crippen molar-refractivity contribution in [3.05, 3.63) is 53.1 Å². The number of hydrogen-bond acceptors (Lipinski definition) is 5. The molecule has 0 N–H and O–H groups in total. The third kappa shape index (κ3) is 4.21. The predicted molar refractivity (Wildman–Crippen MR) is 113 cm³/mol. The van der Waals surface area contributed by atoms with Crippen LogP contribution in [0, 0.1) is 6.92 Å². The Morgan fingerprint density at radius 2 is 1.90 bits per heavy atom. The molecule has 5 nitrogen and oxygen atoms in total. The van der Waals surface area contributed by atoms with E-state index >= 15 is 0 Å². The van der Waals surface area contributed by atoms with Gasteiger partial charge in [-0.2, -0.15) is 0 Å². The first-order valence-corrected chi connectivity index (χ1v) is 10.6. The second-order valence-corrected chi connectivity index (χ2v) is 7.81. The van der Waals surface area contributed by atoms with Gasteiger partial charge in [-0.25, -0.2) is 0 Å². The molecule has 0 saturated carbocycles. The van der Waals surface area contributed by atoms with Crippen LogP contribution in [0.15, 0.2) is 36.4 Å². The number of methoxy groups -OCH3 is 1. The minimum absolute atomic E-state index is 0.327. The van der Waals surface area contributed by atoms with Gasteiger partial charge in [0.15, 0.2) is 11.5 Å². The highest BCUT2D eigenvalue weighted by atomic mass is 16.7. The molecule has 0 bridgehead atoms. The maximum Gasteiger partial charge on any atom is 0.231 e. The maximum atomic E-state index is 5.81. The lowest BCUT2D eigenvalue weighted by Gasteiger charge is -2.23. The van der Waals surface area contributed by atoms with Crippen molar-refractivity contribution in [2.24, 2.45) is 0 Å². The number of benzene rings is 2. The van der Waals surface area contributed by atoms with Crippen LogP contribution in [0.25, 0.3) is 0 Å². The summed E-state index contributed by atoms with van der Waals surface area (Å²) in [5.41, 5.74) is 3.96. The Kier molecular flexibility index (Phi) is 6.26. The molecule has 0 spiro atoms. The van der Waals surface area contributed by atoms with Crippen LogP contribution in [0.5, 0.6) is 17.2 Å². The summed E-state index contributed by atoms with van der Waals surface area (Å²) >= 11 is 0. The van der Waals surface area contributed by atoms with Gasteiger partial charge in [-0.05, 0) is 60.7 Å². The van der Waals surface area contributed by atoms with Crippen LogP contribution in [-0.4, -0.2) is 45.1 Å². The highest BCUT2D eigenvalue weighted by Crippen LogP contribution is 2.45. The van der Waals surface area contributed by atoms with Crippen LogP contribution in [0.2, 0.25) is 0 Å². The number of fused-ring (bicyclic) bond motifs is 1. The predicted octanol–water partition coefficient (Wildman–Crippen LogP) is 4.69. The molecule has 2 aromatic carbocycles. The van der Waals surface area contributed by atoms with Crippen molar-refractivity contribution in [3.63, 3.8) is 0 Å². The second-order valence-electron chi connectivity index (χ2n) is 7.81. The van der Waals surface area contributed by atoms with Crippen molar-refractivity contribution in [3.8, 4) is 17.2 Å². The van der Waals surface area contributed by atoms with E-state index in [2.05, 4.69) is 55.1 Å². The second kappa shape index (κ2) is 9.06. The van der Waals surface area contributed by atoms with E-state index in [9.17, 15) is 0 Å². The fourth-order valence-corrected chi connectivity index (χ4v) is 4.57. The zero-order chi connectivity index (χ0) is 20.2. The number of hydrogen-bond donors (Lipinski definition) is 0. The first kappa shape index (κ1) is 20.0. The molecule has 5 heteroatoms.